The van der Waals surface area contributed by atoms with Crippen molar-refractivity contribution in [2.75, 3.05) is 7.05 Å². The molecule has 1 amide bonds. The van der Waals surface area contributed by atoms with Crippen LogP contribution in [-0.4, -0.2) is 33.7 Å². The summed E-state index contributed by atoms with van der Waals surface area (Å²) < 4.78 is 15.6. The van der Waals surface area contributed by atoms with E-state index in [-0.39, 0.29) is 18.0 Å². The number of fused-ring (bicyclic) bond motifs is 1. The molecule has 4 aromatic rings. The first kappa shape index (κ1) is 21.5. The first-order valence-electron chi connectivity index (χ1n) is 10.4. The monoisotopic (exact) mass is 433 g/mol. The number of aromatic amines is 1. The van der Waals surface area contributed by atoms with Crippen molar-refractivity contribution in [3.8, 4) is 11.1 Å². The molecule has 1 unspecified atom stereocenters. The third-order valence-electron chi connectivity index (χ3n) is 5.46. The van der Waals surface area contributed by atoms with Crippen LogP contribution in [0.4, 0.5) is 4.39 Å². The molecule has 0 spiro atoms. The van der Waals surface area contributed by atoms with Gasteiger partial charge in [-0.3, -0.25) is 9.59 Å². The van der Waals surface area contributed by atoms with E-state index in [1.807, 2.05) is 6.07 Å². The molecule has 7 heteroatoms. The van der Waals surface area contributed by atoms with E-state index in [2.05, 4.69) is 10.3 Å². The summed E-state index contributed by atoms with van der Waals surface area (Å²) in [4.78, 5) is 27.7. The van der Waals surface area contributed by atoms with Crippen molar-refractivity contribution in [1.82, 2.24) is 14.9 Å². The molecule has 2 heterocycles. The van der Waals surface area contributed by atoms with E-state index in [0.29, 0.717) is 33.9 Å². The Morgan fingerprint density at radius 3 is 2.69 bits per heavy atom. The van der Waals surface area contributed by atoms with Gasteiger partial charge < -0.3 is 20.0 Å². The summed E-state index contributed by atoms with van der Waals surface area (Å²) in [5, 5.41) is 13.8. The summed E-state index contributed by atoms with van der Waals surface area (Å²) in [6, 6.07) is 14.0. The molecule has 2 aromatic carbocycles. The third kappa shape index (κ3) is 4.20. The van der Waals surface area contributed by atoms with Crippen LogP contribution in [0.1, 0.15) is 28.4 Å². The fraction of sp³-hybridized carbons (Fsp3) is 0.200. The molecule has 0 aliphatic carbocycles. The molecule has 0 radical (unpaired) electrons. The van der Waals surface area contributed by atoms with Gasteiger partial charge >= 0.3 is 0 Å². The van der Waals surface area contributed by atoms with Gasteiger partial charge in [0.15, 0.2) is 5.95 Å². The largest absolute Gasteiger partial charge is 0.393 e. The number of hydrogen-bond donors (Lipinski definition) is 3. The molecule has 0 aliphatic rings. The van der Waals surface area contributed by atoms with Gasteiger partial charge in [0, 0.05) is 42.4 Å². The Morgan fingerprint density at radius 2 is 2.00 bits per heavy atom. The van der Waals surface area contributed by atoms with Crippen LogP contribution >= 0.6 is 0 Å². The van der Waals surface area contributed by atoms with Crippen LogP contribution in [0.5, 0.6) is 0 Å². The number of nitrogens with one attached hydrogen (secondary N) is 2. The highest BCUT2D eigenvalue weighted by molar-refractivity contribution is 5.94. The van der Waals surface area contributed by atoms with Crippen LogP contribution in [0.3, 0.4) is 0 Å². The molecule has 0 saturated carbocycles. The molecule has 2 aromatic heterocycles. The second kappa shape index (κ2) is 8.80. The molecular weight excluding hydrogens is 409 g/mol. The van der Waals surface area contributed by atoms with Crippen molar-refractivity contribution in [2.24, 2.45) is 0 Å². The lowest BCUT2D eigenvalue weighted by molar-refractivity contribution is 0.0963. The maximum Gasteiger partial charge on any atom is 0.258 e. The maximum atomic E-state index is 14.1. The summed E-state index contributed by atoms with van der Waals surface area (Å²) in [7, 11) is 1.57. The highest BCUT2D eigenvalue weighted by Gasteiger charge is 2.14. The topological polar surface area (TPSA) is 87.1 Å². The zero-order chi connectivity index (χ0) is 22.8. The van der Waals surface area contributed by atoms with Crippen molar-refractivity contribution in [3.05, 3.63) is 93.9 Å². The van der Waals surface area contributed by atoms with Gasteiger partial charge in [0.2, 0.25) is 0 Å². The normalized spacial score (nSPS) is 12.1. The zero-order valence-electron chi connectivity index (χ0n) is 17.9. The molecule has 4 rings (SSSR count). The third-order valence-corrected chi connectivity index (χ3v) is 5.46. The number of H-pyrrole nitrogens is 1. The quantitative estimate of drug-likeness (QED) is 0.435. The van der Waals surface area contributed by atoms with Crippen molar-refractivity contribution >= 4 is 16.7 Å². The Balaban J connectivity index is 1.82. The Labute approximate surface area is 184 Å². The number of rotatable bonds is 6. The van der Waals surface area contributed by atoms with E-state index in [1.54, 1.807) is 67.2 Å². The van der Waals surface area contributed by atoms with Gasteiger partial charge in [-0.25, -0.2) is 0 Å². The Kier molecular flexibility index (Phi) is 5.92. The van der Waals surface area contributed by atoms with Gasteiger partial charge in [-0.2, -0.15) is 4.39 Å². The summed E-state index contributed by atoms with van der Waals surface area (Å²) in [6.45, 7) is 1.96. The molecule has 0 fully saturated rings. The molecule has 3 N–H and O–H groups in total. The van der Waals surface area contributed by atoms with Crippen molar-refractivity contribution in [3.63, 3.8) is 0 Å². The number of halogens is 1. The molecule has 32 heavy (non-hydrogen) atoms. The summed E-state index contributed by atoms with van der Waals surface area (Å²) >= 11 is 0. The van der Waals surface area contributed by atoms with Crippen LogP contribution in [0, 0.1) is 5.95 Å². The van der Waals surface area contributed by atoms with Crippen LogP contribution in [0.15, 0.2) is 65.7 Å². The number of nitrogens with zero attached hydrogens (tertiary/aromatic N) is 1. The van der Waals surface area contributed by atoms with Crippen LogP contribution in [0.25, 0.3) is 21.9 Å². The van der Waals surface area contributed by atoms with E-state index in [4.69, 9.17) is 0 Å². The van der Waals surface area contributed by atoms with Crippen LogP contribution < -0.4 is 10.9 Å². The Hall–Kier alpha value is -3.71. The molecule has 0 aliphatic heterocycles. The average Bonchev–Trinajstić information content (AvgIpc) is 3.21. The SMILES string of the molecule is CNC(=O)c1cccc(Cn2cc(CC(C)O)c3cc(-c4cc[nH]c4F)ccc3c2=O)c1. The number of carbonyl (C=O) groups is 1. The maximum absolute atomic E-state index is 14.1. The predicted molar refractivity (Wildman–Crippen MR) is 122 cm³/mol. The van der Waals surface area contributed by atoms with E-state index in [9.17, 15) is 19.1 Å². The average molecular weight is 433 g/mol. The molecule has 0 saturated heterocycles. The number of carbonyl (C=O) groups excluding carboxylic acids is 1. The number of aliphatic hydroxyl groups excluding tert-OH is 1. The van der Waals surface area contributed by atoms with Crippen molar-refractivity contribution < 1.29 is 14.3 Å². The van der Waals surface area contributed by atoms with Gasteiger partial charge in [0.05, 0.1) is 12.6 Å². The van der Waals surface area contributed by atoms with Gasteiger partial charge in [0.25, 0.3) is 11.5 Å². The van der Waals surface area contributed by atoms with Gasteiger partial charge in [-0.05, 0) is 59.3 Å². The first-order valence-corrected chi connectivity index (χ1v) is 10.4. The second-order valence-corrected chi connectivity index (χ2v) is 7.89. The predicted octanol–water partition coefficient (Wildman–Crippen LogP) is 3.47. The lowest BCUT2D eigenvalue weighted by Gasteiger charge is -2.15. The number of hydrogen-bond acceptors (Lipinski definition) is 3. The fourth-order valence-electron chi connectivity index (χ4n) is 3.96. The minimum Gasteiger partial charge on any atom is -0.393 e. The molecule has 0 bridgehead atoms. The lowest BCUT2D eigenvalue weighted by atomic mass is 9.98. The van der Waals surface area contributed by atoms with E-state index in [1.165, 1.54) is 6.20 Å². The van der Waals surface area contributed by atoms with Crippen molar-refractivity contribution in [2.45, 2.75) is 26.0 Å². The number of benzene rings is 2. The second-order valence-electron chi connectivity index (χ2n) is 7.89. The molecule has 6 nitrogen and oxygen atoms in total. The molecular formula is C25H24FN3O3. The molecule has 1 atom stereocenters. The van der Waals surface area contributed by atoms with Crippen LogP contribution in [-0.2, 0) is 13.0 Å². The standard InChI is InChI=1S/C25H24FN3O3/c1-15(30)10-19-14-29(13-16-4-3-5-18(11-16)24(31)27-2)25(32)21-7-6-17(12-22(19)21)20-8-9-28-23(20)26/h3-9,11-12,14-15,28,30H,10,13H2,1-2H3,(H,27,31). The number of aliphatic hydroxyl groups is 1. The highest BCUT2D eigenvalue weighted by atomic mass is 19.1. The lowest BCUT2D eigenvalue weighted by Crippen LogP contribution is -2.23. The minimum absolute atomic E-state index is 0.194. The summed E-state index contributed by atoms with van der Waals surface area (Å²) in [5.41, 5.74) is 2.99. The van der Waals surface area contributed by atoms with E-state index < -0.39 is 12.1 Å². The van der Waals surface area contributed by atoms with Crippen molar-refractivity contribution in [1.29, 1.82) is 0 Å². The summed E-state index contributed by atoms with van der Waals surface area (Å²) in [5.74, 6) is -0.636. The van der Waals surface area contributed by atoms with E-state index in [0.717, 1.165) is 11.1 Å². The smallest absolute Gasteiger partial charge is 0.258 e. The summed E-state index contributed by atoms with van der Waals surface area (Å²) in [6.07, 6.45) is 2.99. The Morgan fingerprint density at radius 1 is 1.19 bits per heavy atom. The van der Waals surface area contributed by atoms with Gasteiger partial charge in [0.1, 0.15) is 0 Å². The van der Waals surface area contributed by atoms with Gasteiger partial charge in [-0.15, -0.1) is 0 Å². The fourth-order valence-corrected chi connectivity index (χ4v) is 3.96. The zero-order valence-corrected chi connectivity index (χ0v) is 17.9. The molecule has 164 valence electrons. The Bertz CT molecular complexity index is 1350. The van der Waals surface area contributed by atoms with E-state index >= 15 is 0 Å². The van der Waals surface area contributed by atoms with Gasteiger partial charge in [-0.1, -0.05) is 18.2 Å². The van der Waals surface area contributed by atoms with Crippen LogP contribution in [0.2, 0.25) is 0 Å². The number of amides is 1. The number of aromatic nitrogens is 2. The highest BCUT2D eigenvalue weighted by Crippen LogP contribution is 2.27. The first-order chi connectivity index (χ1) is 15.4. The number of pyridine rings is 1. The minimum atomic E-state index is -0.617.